The lowest BCUT2D eigenvalue weighted by Crippen LogP contribution is -2.17. The molecule has 0 saturated carbocycles. The van der Waals surface area contributed by atoms with E-state index in [0.717, 1.165) is 23.4 Å². The van der Waals surface area contributed by atoms with Crippen LogP contribution in [0.1, 0.15) is 36.1 Å². The second-order valence-corrected chi connectivity index (χ2v) is 5.75. The van der Waals surface area contributed by atoms with Crippen molar-refractivity contribution in [3.05, 3.63) is 44.4 Å². The predicted molar refractivity (Wildman–Crippen MR) is 75.4 cm³/mol. The van der Waals surface area contributed by atoms with Crippen molar-refractivity contribution in [3.8, 4) is 0 Å². The van der Waals surface area contributed by atoms with Gasteiger partial charge in [0, 0.05) is 11.4 Å². The molecule has 0 aliphatic rings. The standard InChI is InChI=1S/C13H16BrNOS/c1-3-10-6-7-17-12(10)8-15-9(2)11-4-5-13(14)16-11/h4-7,9,15H,3,8H2,1-2H3. The van der Waals surface area contributed by atoms with Crippen LogP contribution in [0, 0.1) is 0 Å². The van der Waals surface area contributed by atoms with Crippen LogP contribution in [0.15, 0.2) is 32.7 Å². The average molecular weight is 314 g/mol. The van der Waals surface area contributed by atoms with Crippen LogP contribution in [0.25, 0.3) is 0 Å². The molecule has 0 bridgehead atoms. The average Bonchev–Trinajstić information content (AvgIpc) is 2.94. The zero-order valence-corrected chi connectivity index (χ0v) is 12.4. The third-order valence-corrected chi connectivity index (χ3v) is 4.20. The molecule has 0 fully saturated rings. The molecule has 1 unspecified atom stereocenters. The van der Waals surface area contributed by atoms with Crippen LogP contribution in [0.2, 0.25) is 0 Å². The Bertz CT molecular complexity index is 477. The maximum Gasteiger partial charge on any atom is 0.169 e. The van der Waals surface area contributed by atoms with Crippen LogP contribution >= 0.6 is 27.3 Å². The van der Waals surface area contributed by atoms with Crippen LogP contribution in [-0.4, -0.2) is 0 Å². The predicted octanol–water partition coefficient (Wildman–Crippen LogP) is 4.52. The number of thiophene rings is 1. The Balaban J connectivity index is 1.94. The molecule has 17 heavy (non-hydrogen) atoms. The van der Waals surface area contributed by atoms with Gasteiger partial charge in [-0.25, -0.2) is 0 Å². The van der Waals surface area contributed by atoms with Gasteiger partial charge in [0.25, 0.3) is 0 Å². The van der Waals surface area contributed by atoms with E-state index >= 15 is 0 Å². The topological polar surface area (TPSA) is 25.2 Å². The van der Waals surface area contributed by atoms with E-state index in [9.17, 15) is 0 Å². The number of aryl methyl sites for hydroxylation is 1. The van der Waals surface area contributed by atoms with E-state index in [1.165, 1.54) is 10.4 Å². The van der Waals surface area contributed by atoms with Crippen LogP contribution in [0.5, 0.6) is 0 Å². The summed E-state index contributed by atoms with van der Waals surface area (Å²) >= 11 is 5.13. The minimum Gasteiger partial charge on any atom is -0.453 e. The molecule has 92 valence electrons. The van der Waals surface area contributed by atoms with Crippen molar-refractivity contribution in [2.45, 2.75) is 32.9 Å². The summed E-state index contributed by atoms with van der Waals surface area (Å²) < 4.78 is 6.31. The number of nitrogens with one attached hydrogen (secondary N) is 1. The molecule has 0 aliphatic carbocycles. The maximum absolute atomic E-state index is 5.53. The first-order valence-electron chi connectivity index (χ1n) is 5.74. The quantitative estimate of drug-likeness (QED) is 0.878. The zero-order valence-electron chi connectivity index (χ0n) is 10.00. The van der Waals surface area contributed by atoms with Crippen molar-refractivity contribution in [2.75, 3.05) is 0 Å². The number of rotatable bonds is 5. The van der Waals surface area contributed by atoms with Crippen LogP contribution in [0.4, 0.5) is 0 Å². The third-order valence-electron chi connectivity index (χ3n) is 2.81. The molecule has 0 radical (unpaired) electrons. The first-order chi connectivity index (χ1) is 8.20. The number of hydrogen-bond donors (Lipinski definition) is 1. The lowest BCUT2D eigenvalue weighted by molar-refractivity contribution is 0.418. The Labute approximate surface area is 114 Å². The van der Waals surface area contributed by atoms with Gasteiger partial charge in [-0.1, -0.05) is 6.92 Å². The molecule has 2 aromatic rings. The summed E-state index contributed by atoms with van der Waals surface area (Å²) in [5, 5.41) is 5.64. The van der Waals surface area contributed by atoms with Gasteiger partial charge in [0.1, 0.15) is 5.76 Å². The zero-order chi connectivity index (χ0) is 12.3. The van der Waals surface area contributed by atoms with Gasteiger partial charge >= 0.3 is 0 Å². The highest BCUT2D eigenvalue weighted by Gasteiger charge is 2.10. The normalized spacial score (nSPS) is 12.9. The molecule has 0 aliphatic heterocycles. The van der Waals surface area contributed by atoms with Crippen molar-refractivity contribution in [1.29, 1.82) is 0 Å². The van der Waals surface area contributed by atoms with E-state index in [1.807, 2.05) is 23.5 Å². The van der Waals surface area contributed by atoms with Gasteiger partial charge in [0.2, 0.25) is 0 Å². The summed E-state index contributed by atoms with van der Waals surface area (Å²) in [5.41, 5.74) is 1.44. The fourth-order valence-electron chi connectivity index (χ4n) is 1.74. The molecule has 2 nitrogen and oxygen atoms in total. The number of hydrogen-bond acceptors (Lipinski definition) is 3. The third kappa shape index (κ3) is 3.21. The smallest absolute Gasteiger partial charge is 0.169 e. The summed E-state index contributed by atoms with van der Waals surface area (Å²) in [6, 6.07) is 6.36. The second-order valence-electron chi connectivity index (χ2n) is 3.97. The molecule has 2 aromatic heterocycles. The van der Waals surface area contributed by atoms with E-state index in [1.54, 1.807) is 0 Å². The molecule has 0 saturated heterocycles. The van der Waals surface area contributed by atoms with E-state index < -0.39 is 0 Å². The summed E-state index contributed by atoms with van der Waals surface area (Å²) in [6.45, 7) is 5.21. The van der Waals surface area contributed by atoms with Crippen LogP contribution in [0.3, 0.4) is 0 Å². The van der Waals surface area contributed by atoms with E-state index in [4.69, 9.17) is 4.42 Å². The second kappa shape index (κ2) is 5.85. The highest BCUT2D eigenvalue weighted by atomic mass is 79.9. The molecular formula is C13H16BrNOS. The molecule has 2 rings (SSSR count). The Morgan fingerprint density at radius 2 is 2.24 bits per heavy atom. The molecule has 0 amide bonds. The first-order valence-corrected chi connectivity index (χ1v) is 7.41. The Kier molecular flexibility index (Phi) is 4.42. The SMILES string of the molecule is CCc1ccsc1CNC(C)c1ccc(Br)o1. The maximum atomic E-state index is 5.53. The molecule has 1 atom stereocenters. The van der Waals surface area contributed by atoms with Gasteiger partial charge < -0.3 is 9.73 Å². The fraction of sp³-hybridized carbons (Fsp3) is 0.385. The molecule has 0 aromatic carbocycles. The summed E-state index contributed by atoms with van der Waals surface area (Å²) in [4.78, 5) is 1.42. The van der Waals surface area contributed by atoms with E-state index in [2.05, 4.69) is 46.5 Å². The van der Waals surface area contributed by atoms with Crippen LogP contribution in [-0.2, 0) is 13.0 Å². The lowest BCUT2D eigenvalue weighted by Gasteiger charge is -2.11. The summed E-state index contributed by atoms with van der Waals surface area (Å²) in [7, 11) is 0. The van der Waals surface area contributed by atoms with E-state index in [0.29, 0.717) is 0 Å². The van der Waals surface area contributed by atoms with Gasteiger partial charge in [-0.15, -0.1) is 11.3 Å². The van der Waals surface area contributed by atoms with Gasteiger partial charge in [-0.2, -0.15) is 0 Å². The Morgan fingerprint density at radius 3 is 2.88 bits per heavy atom. The molecule has 4 heteroatoms. The van der Waals surface area contributed by atoms with E-state index in [-0.39, 0.29) is 6.04 Å². The fourth-order valence-corrected chi connectivity index (χ4v) is 2.99. The Hall–Kier alpha value is -0.580. The van der Waals surface area contributed by atoms with Gasteiger partial charge in [0.05, 0.1) is 6.04 Å². The van der Waals surface area contributed by atoms with Crippen molar-refractivity contribution < 1.29 is 4.42 Å². The van der Waals surface area contributed by atoms with Crippen molar-refractivity contribution in [3.63, 3.8) is 0 Å². The molecule has 2 heterocycles. The van der Waals surface area contributed by atoms with Crippen molar-refractivity contribution >= 4 is 27.3 Å². The highest BCUT2D eigenvalue weighted by Crippen LogP contribution is 2.22. The van der Waals surface area contributed by atoms with Crippen molar-refractivity contribution in [1.82, 2.24) is 5.32 Å². The lowest BCUT2D eigenvalue weighted by atomic mass is 10.2. The van der Waals surface area contributed by atoms with Gasteiger partial charge in [-0.3, -0.25) is 0 Å². The van der Waals surface area contributed by atoms with Crippen LogP contribution < -0.4 is 5.32 Å². The van der Waals surface area contributed by atoms with Gasteiger partial charge in [0.15, 0.2) is 4.67 Å². The highest BCUT2D eigenvalue weighted by molar-refractivity contribution is 9.10. The Morgan fingerprint density at radius 1 is 1.41 bits per heavy atom. The largest absolute Gasteiger partial charge is 0.453 e. The minimum absolute atomic E-state index is 0.230. The summed E-state index contributed by atoms with van der Waals surface area (Å²) in [5.74, 6) is 0.964. The van der Waals surface area contributed by atoms with Gasteiger partial charge in [-0.05, 0) is 58.4 Å². The minimum atomic E-state index is 0.230. The molecule has 0 spiro atoms. The number of furan rings is 1. The summed E-state index contributed by atoms with van der Waals surface area (Å²) in [6.07, 6.45) is 1.10. The molecule has 1 N–H and O–H groups in total. The monoisotopic (exact) mass is 313 g/mol. The molecular weight excluding hydrogens is 298 g/mol. The first kappa shape index (κ1) is 12.9. The van der Waals surface area contributed by atoms with Crippen molar-refractivity contribution in [2.24, 2.45) is 0 Å². The number of halogens is 1.